The van der Waals surface area contributed by atoms with Gasteiger partial charge in [0.2, 0.25) is 0 Å². The molecule has 0 N–H and O–H groups in total. The first-order valence-electron chi connectivity index (χ1n) is 11.3. The van der Waals surface area contributed by atoms with Crippen molar-refractivity contribution < 1.29 is 0 Å². The van der Waals surface area contributed by atoms with E-state index in [4.69, 9.17) is 10.4 Å². The summed E-state index contributed by atoms with van der Waals surface area (Å²) in [5.74, 6) is 0. The topological polar surface area (TPSA) is 61.4 Å². The van der Waals surface area contributed by atoms with Gasteiger partial charge in [-0.05, 0) is 62.4 Å². The molecular formula is C27H22N6S2. The Morgan fingerprint density at radius 3 is 1.37 bits per heavy atom. The Balaban J connectivity index is 1.66. The normalized spacial score (nSPS) is 11.9. The molecule has 0 saturated heterocycles. The predicted octanol–water partition coefficient (Wildman–Crippen LogP) is 6.49. The van der Waals surface area contributed by atoms with Crippen LogP contribution in [0.5, 0.6) is 0 Å². The molecule has 6 nitrogen and oxygen atoms in total. The Bertz CT molecular complexity index is 1500. The molecule has 0 bridgehead atoms. The molecule has 0 atom stereocenters. The summed E-state index contributed by atoms with van der Waals surface area (Å²) in [6, 6.07) is 33.1. The monoisotopic (exact) mass is 494 g/mol. The van der Waals surface area contributed by atoms with Gasteiger partial charge in [0, 0.05) is 9.79 Å². The zero-order valence-corrected chi connectivity index (χ0v) is 20.9. The molecule has 0 amide bonds. The Hall–Kier alpha value is -3.62. The van der Waals surface area contributed by atoms with Crippen LogP contribution in [0.1, 0.15) is 11.1 Å². The van der Waals surface area contributed by atoms with E-state index in [1.165, 1.54) is 11.1 Å². The SMILES string of the molecule is Cc1ccc(SC(Sc2ccc(C)cc2)(n2nnc3ccccc32)n2nnc3ccccc32)cc1. The number of nitrogens with zero attached hydrogens (tertiary/aromatic N) is 6. The zero-order chi connectivity index (χ0) is 23.8. The second-order valence-corrected chi connectivity index (χ2v) is 11.1. The van der Waals surface area contributed by atoms with Crippen LogP contribution in [-0.4, -0.2) is 30.0 Å². The molecule has 0 aliphatic rings. The first kappa shape index (κ1) is 21.9. The van der Waals surface area contributed by atoms with E-state index in [-0.39, 0.29) is 0 Å². The lowest BCUT2D eigenvalue weighted by molar-refractivity contribution is 0.444. The summed E-state index contributed by atoms with van der Waals surface area (Å²) in [6.07, 6.45) is 0. The lowest BCUT2D eigenvalue weighted by atomic mass is 10.2. The third-order valence-electron chi connectivity index (χ3n) is 5.78. The summed E-state index contributed by atoms with van der Waals surface area (Å²) in [5, 5.41) is 18.4. The molecule has 4 aromatic carbocycles. The van der Waals surface area contributed by atoms with Crippen LogP contribution in [0.4, 0.5) is 0 Å². The maximum absolute atomic E-state index is 4.69. The van der Waals surface area contributed by atoms with Crippen molar-refractivity contribution in [3.05, 3.63) is 108 Å². The fourth-order valence-corrected chi connectivity index (χ4v) is 6.75. The number of benzene rings is 4. The summed E-state index contributed by atoms with van der Waals surface area (Å²) in [5.41, 5.74) is 5.93. The Labute approximate surface area is 211 Å². The van der Waals surface area contributed by atoms with E-state index >= 15 is 0 Å². The Kier molecular flexibility index (Phi) is 5.54. The molecule has 0 aliphatic heterocycles. The average molecular weight is 495 g/mol. The molecule has 2 heterocycles. The predicted molar refractivity (Wildman–Crippen MR) is 142 cm³/mol. The van der Waals surface area contributed by atoms with Crippen LogP contribution < -0.4 is 0 Å². The number of thioether (sulfide) groups is 2. The van der Waals surface area contributed by atoms with Crippen molar-refractivity contribution in [2.75, 3.05) is 0 Å². The molecule has 35 heavy (non-hydrogen) atoms. The minimum atomic E-state index is -0.878. The van der Waals surface area contributed by atoms with Crippen LogP contribution in [0, 0.1) is 13.8 Å². The Morgan fingerprint density at radius 1 is 0.543 bits per heavy atom. The van der Waals surface area contributed by atoms with Crippen molar-refractivity contribution in [3.8, 4) is 0 Å². The van der Waals surface area contributed by atoms with E-state index in [1.54, 1.807) is 23.5 Å². The number of fused-ring (bicyclic) bond motifs is 2. The molecule has 6 aromatic rings. The van der Waals surface area contributed by atoms with Gasteiger partial charge in [0.05, 0.1) is 11.0 Å². The second kappa shape index (κ2) is 8.87. The maximum Gasteiger partial charge on any atom is 0.261 e. The lowest BCUT2D eigenvalue weighted by Crippen LogP contribution is -2.36. The van der Waals surface area contributed by atoms with Crippen LogP contribution >= 0.6 is 23.5 Å². The number of rotatable bonds is 6. The van der Waals surface area contributed by atoms with Crippen LogP contribution in [0.2, 0.25) is 0 Å². The van der Waals surface area contributed by atoms with Crippen molar-refractivity contribution in [2.45, 2.75) is 28.0 Å². The second-order valence-electron chi connectivity index (χ2n) is 8.36. The van der Waals surface area contributed by atoms with Crippen molar-refractivity contribution in [2.24, 2.45) is 0 Å². The highest BCUT2D eigenvalue weighted by Gasteiger charge is 2.42. The smallest absolute Gasteiger partial charge is 0.197 e. The first-order chi connectivity index (χ1) is 17.1. The lowest BCUT2D eigenvalue weighted by Gasteiger charge is -2.33. The molecule has 2 aromatic heterocycles. The first-order valence-corrected chi connectivity index (χ1v) is 12.9. The van der Waals surface area contributed by atoms with Gasteiger partial charge in [0.1, 0.15) is 11.0 Å². The Morgan fingerprint density at radius 2 is 0.943 bits per heavy atom. The number of para-hydroxylation sites is 2. The van der Waals surface area contributed by atoms with Gasteiger partial charge in [0.15, 0.2) is 0 Å². The number of aromatic nitrogens is 6. The van der Waals surface area contributed by atoms with Crippen molar-refractivity contribution >= 4 is 45.6 Å². The van der Waals surface area contributed by atoms with Gasteiger partial charge in [-0.25, -0.2) is 0 Å². The van der Waals surface area contributed by atoms with Crippen molar-refractivity contribution in [1.82, 2.24) is 30.0 Å². The summed E-state index contributed by atoms with van der Waals surface area (Å²) in [7, 11) is 0. The zero-order valence-electron chi connectivity index (χ0n) is 19.2. The largest absolute Gasteiger partial charge is 0.261 e. The van der Waals surface area contributed by atoms with Gasteiger partial charge >= 0.3 is 0 Å². The molecule has 0 unspecified atom stereocenters. The summed E-state index contributed by atoms with van der Waals surface area (Å²) < 4.78 is 3.06. The third kappa shape index (κ3) is 3.98. The third-order valence-corrected chi connectivity index (χ3v) is 8.52. The van der Waals surface area contributed by atoms with Gasteiger partial charge in [-0.15, -0.1) is 10.2 Å². The highest BCUT2D eigenvalue weighted by Crippen LogP contribution is 2.51. The molecule has 0 fully saturated rings. The standard InChI is InChI=1S/C27H22N6S2/c1-19-11-15-21(16-12-19)34-27(35-22-17-13-20(2)14-18-22,32-25-9-5-3-7-23(25)28-30-32)33-26-10-6-4-8-24(26)29-31-33/h3-18H,1-2H3. The molecule has 0 radical (unpaired) electrons. The fraction of sp³-hybridized carbons (Fsp3) is 0.111. The van der Waals surface area contributed by atoms with E-state index in [0.717, 1.165) is 31.9 Å². The minimum absolute atomic E-state index is 0.829. The van der Waals surface area contributed by atoms with Gasteiger partial charge in [0.25, 0.3) is 4.33 Å². The highest BCUT2D eigenvalue weighted by molar-refractivity contribution is 8.17. The van der Waals surface area contributed by atoms with Crippen molar-refractivity contribution in [1.29, 1.82) is 0 Å². The molecule has 0 spiro atoms. The van der Waals surface area contributed by atoms with Crippen LogP contribution in [-0.2, 0) is 4.33 Å². The summed E-state index contributed by atoms with van der Waals surface area (Å²) in [4.78, 5) is 2.18. The van der Waals surface area contributed by atoms with E-state index in [1.807, 2.05) is 45.8 Å². The van der Waals surface area contributed by atoms with Crippen LogP contribution in [0.3, 0.4) is 0 Å². The van der Waals surface area contributed by atoms with Crippen molar-refractivity contribution in [3.63, 3.8) is 0 Å². The van der Waals surface area contributed by atoms with Crippen LogP contribution in [0.15, 0.2) is 107 Å². The number of hydrogen-bond acceptors (Lipinski definition) is 6. The fourth-order valence-electron chi connectivity index (χ4n) is 3.96. The highest BCUT2D eigenvalue weighted by atomic mass is 32.2. The molecule has 0 saturated carbocycles. The molecule has 6 rings (SSSR count). The van der Waals surface area contributed by atoms with Gasteiger partial charge < -0.3 is 0 Å². The number of hydrogen-bond donors (Lipinski definition) is 0. The average Bonchev–Trinajstić information content (AvgIpc) is 3.52. The van der Waals surface area contributed by atoms with Gasteiger partial charge in [-0.3, -0.25) is 0 Å². The number of aryl methyl sites for hydroxylation is 2. The van der Waals surface area contributed by atoms with E-state index in [9.17, 15) is 0 Å². The minimum Gasteiger partial charge on any atom is -0.197 e. The van der Waals surface area contributed by atoms with Gasteiger partial charge in [-0.2, -0.15) is 9.36 Å². The van der Waals surface area contributed by atoms with E-state index in [0.29, 0.717) is 0 Å². The summed E-state index contributed by atoms with van der Waals surface area (Å²) in [6.45, 7) is 4.19. The quantitative estimate of drug-likeness (QED) is 0.195. The van der Waals surface area contributed by atoms with Crippen LogP contribution in [0.25, 0.3) is 22.1 Å². The summed E-state index contributed by atoms with van der Waals surface area (Å²) >= 11 is 3.35. The maximum atomic E-state index is 4.69. The van der Waals surface area contributed by atoms with E-state index < -0.39 is 4.33 Å². The molecule has 0 aliphatic carbocycles. The molecular weight excluding hydrogens is 472 g/mol. The van der Waals surface area contributed by atoms with E-state index in [2.05, 4.69) is 84.7 Å². The van der Waals surface area contributed by atoms with Gasteiger partial charge in [-0.1, -0.05) is 93.6 Å². The molecule has 172 valence electrons. The molecule has 8 heteroatoms.